The van der Waals surface area contributed by atoms with Gasteiger partial charge in [0.05, 0.1) is 17.2 Å². The number of benzene rings is 1. The van der Waals surface area contributed by atoms with E-state index < -0.39 is 5.97 Å². The molecule has 116 valence electrons. The highest BCUT2D eigenvalue weighted by molar-refractivity contribution is 7.80. The molecule has 0 spiro atoms. The van der Waals surface area contributed by atoms with E-state index in [1.165, 1.54) is 0 Å². The van der Waals surface area contributed by atoms with Crippen molar-refractivity contribution in [2.75, 3.05) is 32.2 Å². The summed E-state index contributed by atoms with van der Waals surface area (Å²) in [6.45, 7) is 3.42. The topological polar surface area (TPSA) is 59.6 Å². The Morgan fingerprint density at radius 3 is 2.86 bits per heavy atom. The summed E-state index contributed by atoms with van der Waals surface area (Å²) >= 11 is 11.2. The summed E-state index contributed by atoms with van der Waals surface area (Å²) in [5.41, 5.74) is 0.984. The molecule has 0 aliphatic rings. The van der Waals surface area contributed by atoms with Crippen LogP contribution in [0.25, 0.3) is 0 Å². The van der Waals surface area contributed by atoms with Gasteiger partial charge in [0.15, 0.2) is 5.11 Å². The maximum absolute atomic E-state index is 11.8. The lowest BCUT2D eigenvalue weighted by atomic mass is 10.2. The first-order valence-corrected chi connectivity index (χ1v) is 7.37. The normalized spacial score (nSPS) is 10.0. The van der Waals surface area contributed by atoms with Crippen molar-refractivity contribution in [1.82, 2.24) is 5.32 Å². The number of esters is 1. The van der Waals surface area contributed by atoms with Crippen LogP contribution in [0, 0.1) is 0 Å². The second-order valence-electron chi connectivity index (χ2n) is 4.14. The van der Waals surface area contributed by atoms with E-state index in [1.807, 2.05) is 0 Å². The number of hydrogen-bond acceptors (Lipinski definition) is 4. The Labute approximate surface area is 135 Å². The van der Waals surface area contributed by atoms with E-state index in [2.05, 4.69) is 10.6 Å². The van der Waals surface area contributed by atoms with E-state index in [0.717, 1.165) is 6.42 Å². The minimum absolute atomic E-state index is 0.298. The van der Waals surface area contributed by atoms with Crippen molar-refractivity contribution in [2.45, 2.75) is 13.3 Å². The van der Waals surface area contributed by atoms with Gasteiger partial charge in [-0.25, -0.2) is 4.79 Å². The number of rotatable bonds is 7. The zero-order valence-corrected chi connectivity index (χ0v) is 13.6. The summed E-state index contributed by atoms with van der Waals surface area (Å²) in [6, 6.07) is 4.99. The van der Waals surface area contributed by atoms with Crippen LogP contribution in [0.15, 0.2) is 18.2 Å². The number of thiocarbonyl (C=S) groups is 1. The minimum Gasteiger partial charge on any atom is -0.462 e. The number of carbonyl (C=O) groups is 1. The molecular weight excluding hydrogens is 312 g/mol. The van der Waals surface area contributed by atoms with E-state index in [-0.39, 0.29) is 0 Å². The highest BCUT2D eigenvalue weighted by Crippen LogP contribution is 2.21. The molecule has 0 bridgehead atoms. The molecule has 0 atom stereocenters. The lowest BCUT2D eigenvalue weighted by Crippen LogP contribution is -2.29. The van der Waals surface area contributed by atoms with E-state index in [9.17, 15) is 4.79 Å². The van der Waals surface area contributed by atoms with E-state index in [1.54, 1.807) is 32.2 Å². The van der Waals surface area contributed by atoms with E-state index >= 15 is 0 Å². The quantitative estimate of drug-likeness (QED) is 0.455. The summed E-state index contributed by atoms with van der Waals surface area (Å²) in [5, 5.41) is 6.86. The molecule has 2 N–H and O–H groups in total. The molecule has 0 heterocycles. The third-order valence-corrected chi connectivity index (χ3v) is 3.11. The number of carbonyl (C=O) groups excluding carboxylic acids is 1. The van der Waals surface area contributed by atoms with Crippen LogP contribution in [0.5, 0.6) is 0 Å². The first kappa shape index (κ1) is 17.7. The number of hydrogen-bond donors (Lipinski definition) is 2. The van der Waals surface area contributed by atoms with Gasteiger partial charge in [-0.05, 0) is 43.8 Å². The van der Waals surface area contributed by atoms with Gasteiger partial charge in [0, 0.05) is 25.9 Å². The maximum atomic E-state index is 11.8. The number of ether oxygens (including phenoxy) is 2. The van der Waals surface area contributed by atoms with Crippen molar-refractivity contribution in [2.24, 2.45) is 0 Å². The summed E-state index contributed by atoms with van der Waals surface area (Å²) in [5.74, 6) is -0.454. The largest absolute Gasteiger partial charge is 0.462 e. The Morgan fingerprint density at radius 2 is 2.19 bits per heavy atom. The van der Waals surface area contributed by atoms with Gasteiger partial charge < -0.3 is 20.1 Å². The van der Waals surface area contributed by atoms with Crippen molar-refractivity contribution < 1.29 is 14.3 Å². The smallest absolute Gasteiger partial charge is 0.339 e. The van der Waals surface area contributed by atoms with Gasteiger partial charge in [-0.2, -0.15) is 0 Å². The molecule has 1 aromatic rings. The van der Waals surface area contributed by atoms with Gasteiger partial charge in [-0.1, -0.05) is 11.6 Å². The second-order valence-corrected chi connectivity index (χ2v) is 4.96. The molecule has 5 nitrogen and oxygen atoms in total. The lowest BCUT2D eigenvalue weighted by Gasteiger charge is -2.12. The number of halogens is 1. The zero-order chi connectivity index (χ0) is 15.7. The predicted molar refractivity (Wildman–Crippen MR) is 88.1 cm³/mol. The Hall–Kier alpha value is -1.37. The summed E-state index contributed by atoms with van der Waals surface area (Å²) in [6.07, 6.45) is 0.854. The van der Waals surface area contributed by atoms with Crippen LogP contribution in [-0.4, -0.2) is 38.0 Å². The standard InChI is InChI=1S/C14H19ClN2O3S/c1-3-20-13(18)11-9-10(5-6-12(11)15)17-14(21)16-7-4-8-19-2/h5-6,9H,3-4,7-8H2,1-2H3,(H2,16,17,21). The van der Waals surface area contributed by atoms with Crippen molar-refractivity contribution in [1.29, 1.82) is 0 Å². The van der Waals surface area contributed by atoms with E-state index in [0.29, 0.717) is 41.1 Å². The Balaban J connectivity index is 2.61. The maximum Gasteiger partial charge on any atom is 0.339 e. The molecule has 0 aromatic heterocycles. The summed E-state index contributed by atoms with van der Waals surface area (Å²) < 4.78 is 9.90. The molecule has 0 aliphatic heterocycles. The van der Waals surface area contributed by atoms with Crippen LogP contribution < -0.4 is 10.6 Å². The summed E-state index contributed by atoms with van der Waals surface area (Å²) in [4.78, 5) is 11.8. The van der Waals surface area contributed by atoms with Gasteiger partial charge in [-0.3, -0.25) is 0 Å². The molecule has 7 heteroatoms. The monoisotopic (exact) mass is 330 g/mol. The third kappa shape index (κ3) is 6.29. The van der Waals surface area contributed by atoms with Crippen molar-refractivity contribution in [3.8, 4) is 0 Å². The van der Waals surface area contributed by atoms with Gasteiger partial charge >= 0.3 is 5.97 Å². The molecule has 0 radical (unpaired) electrons. The summed E-state index contributed by atoms with van der Waals surface area (Å²) in [7, 11) is 1.65. The Bertz CT molecular complexity index is 497. The third-order valence-electron chi connectivity index (χ3n) is 2.53. The van der Waals surface area contributed by atoms with Crippen molar-refractivity contribution >= 4 is 40.6 Å². The van der Waals surface area contributed by atoms with Crippen LogP contribution in [0.4, 0.5) is 5.69 Å². The average Bonchev–Trinajstić information content (AvgIpc) is 2.46. The van der Waals surface area contributed by atoms with Crippen LogP contribution in [0.3, 0.4) is 0 Å². The van der Waals surface area contributed by atoms with Gasteiger partial charge in [0.2, 0.25) is 0 Å². The van der Waals surface area contributed by atoms with Crippen LogP contribution in [0.2, 0.25) is 5.02 Å². The average molecular weight is 331 g/mol. The van der Waals surface area contributed by atoms with E-state index in [4.69, 9.17) is 33.3 Å². The first-order chi connectivity index (χ1) is 10.1. The molecule has 1 aromatic carbocycles. The highest BCUT2D eigenvalue weighted by atomic mass is 35.5. The SMILES string of the molecule is CCOC(=O)c1cc(NC(=S)NCCCOC)ccc1Cl. The Morgan fingerprint density at radius 1 is 1.43 bits per heavy atom. The van der Waals surface area contributed by atoms with Crippen LogP contribution in [-0.2, 0) is 9.47 Å². The van der Waals surface area contributed by atoms with Gasteiger partial charge in [0.25, 0.3) is 0 Å². The van der Waals surface area contributed by atoms with Crippen LogP contribution >= 0.6 is 23.8 Å². The predicted octanol–water partition coefficient (Wildman–Crippen LogP) is 2.84. The molecule has 0 unspecified atom stereocenters. The second kappa shape index (κ2) is 9.55. The molecule has 0 aliphatic carbocycles. The van der Waals surface area contributed by atoms with Gasteiger partial charge in [0.1, 0.15) is 0 Å². The first-order valence-electron chi connectivity index (χ1n) is 6.59. The Kier molecular flexibility index (Phi) is 8.04. The number of methoxy groups -OCH3 is 1. The number of nitrogens with one attached hydrogen (secondary N) is 2. The molecule has 0 saturated heterocycles. The molecule has 0 saturated carbocycles. The molecule has 21 heavy (non-hydrogen) atoms. The lowest BCUT2D eigenvalue weighted by molar-refractivity contribution is 0.0526. The molecule has 0 fully saturated rings. The van der Waals surface area contributed by atoms with Crippen molar-refractivity contribution in [3.05, 3.63) is 28.8 Å². The highest BCUT2D eigenvalue weighted by Gasteiger charge is 2.12. The number of anilines is 1. The van der Waals surface area contributed by atoms with Crippen molar-refractivity contribution in [3.63, 3.8) is 0 Å². The molecular formula is C14H19ClN2O3S. The van der Waals surface area contributed by atoms with Gasteiger partial charge in [-0.15, -0.1) is 0 Å². The van der Waals surface area contributed by atoms with Crippen LogP contribution in [0.1, 0.15) is 23.7 Å². The fraction of sp³-hybridized carbons (Fsp3) is 0.429. The molecule has 0 amide bonds. The fourth-order valence-electron chi connectivity index (χ4n) is 1.56. The minimum atomic E-state index is -0.454. The fourth-order valence-corrected chi connectivity index (χ4v) is 1.98. The molecule has 1 rings (SSSR count). The zero-order valence-electron chi connectivity index (χ0n) is 12.1.